The Labute approximate surface area is 165 Å². The molecule has 1 aromatic heterocycles. The van der Waals surface area contributed by atoms with E-state index in [1.54, 1.807) is 29.2 Å². The number of rotatable bonds is 7. The van der Waals surface area contributed by atoms with E-state index < -0.39 is 10.0 Å². The third-order valence-electron chi connectivity index (χ3n) is 5.06. The summed E-state index contributed by atoms with van der Waals surface area (Å²) in [6.45, 7) is 3.27. The Bertz CT molecular complexity index is 870. The molecular formula is C20H26N2O5S. The first-order valence-electron chi connectivity index (χ1n) is 9.34. The van der Waals surface area contributed by atoms with Crippen LogP contribution in [0, 0.1) is 5.92 Å². The van der Waals surface area contributed by atoms with Crippen LogP contribution in [0.15, 0.2) is 52.0 Å². The van der Waals surface area contributed by atoms with Crippen LogP contribution >= 0.6 is 0 Å². The van der Waals surface area contributed by atoms with Gasteiger partial charge in [-0.1, -0.05) is 6.92 Å². The molecule has 0 spiro atoms. The van der Waals surface area contributed by atoms with E-state index in [9.17, 15) is 13.2 Å². The van der Waals surface area contributed by atoms with Gasteiger partial charge in [0.15, 0.2) is 0 Å². The summed E-state index contributed by atoms with van der Waals surface area (Å²) in [6, 6.07) is 9.54. The van der Waals surface area contributed by atoms with Crippen molar-refractivity contribution in [3.63, 3.8) is 0 Å². The van der Waals surface area contributed by atoms with Crippen LogP contribution < -0.4 is 4.74 Å². The second-order valence-electron chi connectivity index (χ2n) is 7.09. The van der Waals surface area contributed by atoms with Gasteiger partial charge in [-0.15, -0.1) is 0 Å². The predicted molar refractivity (Wildman–Crippen MR) is 104 cm³/mol. The van der Waals surface area contributed by atoms with Gasteiger partial charge in [-0.3, -0.25) is 4.79 Å². The third kappa shape index (κ3) is 4.74. The maximum absolute atomic E-state index is 13.2. The Kier molecular flexibility index (Phi) is 6.41. The van der Waals surface area contributed by atoms with Crippen LogP contribution in [0.4, 0.5) is 0 Å². The highest BCUT2D eigenvalue weighted by Crippen LogP contribution is 2.22. The zero-order chi connectivity index (χ0) is 20.1. The third-order valence-corrected chi connectivity index (χ3v) is 6.86. The second-order valence-corrected chi connectivity index (χ2v) is 9.03. The van der Waals surface area contributed by atoms with E-state index in [0.29, 0.717) is 30.5 Å². The number of furan rings is 1. The number of carbonyl (C=O) groups is 1. The molecule has 0 saturated carbocycles. The number of hydrogen-bond donors (Lipinski definition) is 0. The molecule has 0 radical (unpaired) electrons. The van der Waals surface area contributed by atoms with Crippen LogP contribution in [0.1, 0.15) is 25.5 Å². The number of ether oxygens (including phenoxy) is 1. The fourth-order valence-electron chi connectivity index (χ4n) is 3.21. The average molecular weight is 407 g/mol. The molecule has 8 heteroatoms. The van der Waals surface area contributed by atoms with Crippen LogP contribution in [0.5, 0.6) is 5.75 Å². The molecule has 152 valence electrons. The number of hydrogen-bond acceptors (Lipinski definition) is 5. The maximum Gasteiger partial charge on any atom is 0.243 e. The predicted octanol–water partition coefficient (Wildman–Crippen LogP) is 2.74. The van der Waals surface area contributed by atoms with Crippen molar-refractivity contribution in [2.75, 3.05) is 26.7 Å². The maximum atomic E-state index is 13.2. The van der Waals surface area contributed by atoms with Gasteiger partial charge in [0.1, 0.15) is 11.5 Å². The fourth-order valence-corrected chi connectivity index (χ4v) is 4.56. The van der Waals surface area contributed by atoms with Crippen molar-refractivity contribution in [2.24, 2.45) is 5.92 Å². The number of carbonyl (C=O) groups excluding carboxylic acids is 1. The Balaban J connectivity index is 1.82. The SMILES string of the molecule is COc1ccc(S(=O)(=O)N(CC(=O)N2CCC(C)CC2)Cc2ccco2)cc1. The molecule has 1 aliphatic rings. The first-order valence-corrected chi connectivity index (χ1v) is 10.8. The lowest BCUT2D eigenvalue weighted by molar-refractivity contribution is -0.132. The number of likely N-dealkylation sites (tertiary alicyclic amines) is 1. The normalized spacial score (nSPS) is 15.8. The number of benzene rings is 1. The highest BCUT2D eigenvalue weighted by molar-refractivity contribution is 7.89. The molecule has 0 bridgehead atoms. The monoisotopic (exact) mass is 406 g/mol. The summed E-state index contributed by atoms with van der Waals surface area (Å²) in [4.78, 5) is 14.7. The van der Waals surface area contributed by atoms with Gasteiger partial charge in [0, 0.05) is 13.1 Å². The van der Waals surface area contributed by atoms with Crippen LogP contribution in [0.3, 0.4) is 0 Å². The van der Waals surface area contributed by atoms with Crippen molar-refractivity contribution in [3.8, 4) is 5.75 Å². The van der Waals surface area contributed by atoms with Crippen molar-refractivity contribution >= 4 is 15.9 Å². The van der Waals surface area contributed by atoms with Crippen LogP contribution in [-0.4, -0.2) is 50.3 Å². The van der Waals surface area contributed by atoms with Crippen molar-refractivity contribution in [2.45, 2.75) is 31.2 Å². The van der Waals surface area contributed by atoms with E-state index in [2.05, 4.69) is 6.92 Å². The summed E-state index contributed by atoms with van der Waals surface area (Å²) in [5, 5.41) is 0. The number of methoxy groups -OCH3 is 1. The minimum absolute atomic E-state index is 0.00263. The summed E-state index contributed by atoms with van der Waals surface area (Å²) in [5.41, 5.74) is 0. The minimum atomic E-state index is -3.88. The second kappa shape index (κ2) is 8.79. The van der Waals surface area contributed by atoms with E-state index in [1.165, 1.54) is 29.8 Å². The summed E-state index contributed by atoms with van der Waals surface area (Å²) < 4.78 is 38.0. The topological polar surface area (TPSA) is 80.1 Å². The van der Waals surface area contributed by atoms with Crippen molar-refractivity contribution < 1.29 is 22.4 Å². The Morgan fingerprint density at radius 3 is 2.46 bits per heavy atom. The Morgan fingerprint density at radius 1 is 1.21 bits per heavy atom. The molecule has 1 aromatic carbocycles. The molecule has 0 atom stereocenters. The molecular weight excluding hydrogens is 380 g/mol. The van der Waals surface area contributed by atoms with E-state index in [-0.39, 0.29) is 23.9 Å². The van der Waals surface area contributed by atoms with Gasteiger partial charge >= 0.3 is 0 Å². The quantitative estimate of drug-likeness (QED) is 0.706. The van der Waals surface area contributed by atoms with Gasteiger partial charge in [0.2, 0.25) is 15.9 Å². The van der Waals surface area contributed by atoms with Crippen molar-refractivity contribution in [1.29, 1.82) is 0 Å². The summed E-state index contributed by atoms with van der Waals surface area (Å²) in [6.07, 6.45) is 3.37. The molecule has 1 amide bonds. The number of amides is 1. The van der Waals surface area contributed by atoms with E-state index in [0.717, 1.165) is 12.8 Å². The molecule has 2 heterocycles. The molecule has 1 aliphatic heterocycles. The number of sulfonamides is 1. The smallest absolute Gasteiger partial charge is 0.243 e. The van der Waals surface area contributed by atoms with Crippen LogP contribution in [0.25, 0.3) is 0 Å². The zero-order valence-electron chi connectivity index (χ0n) is 16.2. The lowest BCUT2D eigenvalue weighted by Gasteiger charge is -2.32. The molecule has 1 saturated heterocycles. The molecule has 0 aliphatic carbocycles. The highest BCUT2D eigenvalue weighted by Gasteiger charge is 2.30. The lowest BCUT2D eigenvalue weighted by atomic mass is 9.99. The number of nitrogens with zero attached hydrogens (tertiary/aromatic N) is 2. The summed E-state index contributed by atoms with van der Waals surface area (Å²) in [5.74, 6) is 1.45. The molecule has 2 aromatic rings. The van der Waals surface area contributed by atoms with Crippen molar-refractivity contribution in [3.05, 3.63) is 48.4 Å². The molecule has 3 rings (SSSR count). The molecule has 0 unspecified atom stereocenters. The van der Waals surface area contributed by atoms with E-state index >= 15 is 0 Å². The molecule has 0 N–H and O–H groups in total. The molecule has 7 nitrogen and oxygen atoms in total. The first kappa shape index (κ1) is 20.4. The van der Waals surface area contributed by atoms with E-state index in [1.807, 2.05) is 0 Å². The average Bonchev–Trinajstić information content (AvgIpc) is 3.21. The number of piperidine rings is 1. The lowest BCUT2D eigenvalue weighted by Crippen LogP contribution is -2.45. The fraction of sp³-hybridized carbons (Fsp3) is 0.450. The van der Waals surface area contributed by atoms with Crippen LogP contribution in [0.2, 0.25) is 0 Å². The van der Waals surface area contributed by atoms with Gasteiger partial charge < -0.3 is 14.1 Å². The summed E-state index contributed by atoms with van der Waals surface area (Å²) >= 11 is 0. The van der Waals surface area contributed by atoms with Gasteiger partial charge in [0.05, 0.1) is 31.4 Å². The Morgan fingerprint density at radius 2 is 1.89 bits per heavy atom. The Hall–Kier alpha value is -2.32. The van der Waals surface area contributed by atoms with Crippen molar-refractivity contribution in [1.82, 2.24) is 9.21 Å². The van der Waals surface area contributed by atoms with Crippen LogP contribution in [-0.2, 0) is 21.4 Å². The standard InChI is InChI=1S/C20H26N2O5S/c1-16-9-11-21(12-10-16)20(23)15-22(14-18-4-3-13-27-18)28(24,25)19-7-5-17(26-2)6-8-19/h3-8,13,16H,9-12,14-15H2,1-2H3. The van der Waals surface area contributed by atoms with Gasteiger partial charge in [-0.05, 0) is 55.2 Å². The largest absolute Gasteiger partial charge is 0.497 e. The molecule has 28 heavy (non-hydrogen) atoms. The minimum Gasteiger partial charge on any atom is -0.497 e. The molecule has 1 fully saturated rings. The zero-order valence-corrected chi connectivity index (χ0v) is 17.0. The van der Waals surface area contributed by atoms with E-state index in [4.69, 9.17) is 9.15 Å². The highest BCUT2D eigenvalue weighted by atomic mass is 32.2. The first-order chi connectivity index (χ1) is 13.4. The summed E-state index contributed by atoms with van der Waals surface area (Å²) in [7, 11) is -2.36. The van der Waals surface area contributed by atoms with Gasteiger partial charge in [0.25, 0.3) is 0 Å². The van der Waals surface area contributed by atoms with Gasteiger partial charge in [-0.2, -0.15) is 4.31 Å². The van der Waals surface area contributed by atoms with Gasteiger partial charge in [-0.25, -0.2) is 8.42 Å².